The maximum absolute atomic E-state index is 2.18. The van der Waals surface area contributed by atoms with Gasteiger partial charge >= 0.3 is 65.1 Å². The molecule has 0 bridgehead atoms. The van der Waals surface area contributed by atoms with Crippen LogP contribution in [0, 0.1) is 6.92 Å². The second kappa shape index (κ2) is 3.10. The van der Waals surface area contributed by atoms with Gasteiger partial charge in [-0.15, -0.1) is 0 Å². The van der Waals surface area contributed by atoms with Gasteiger partial charge in [-0.25, -0.2) is 0 Å². The van der Waals surface area contributed by atoms with Gasteiger partial charge in [-0.2, -0.15) is 0 Å². The van der Waals surface area contributed by atoms with Crippen molar-refractivity contribution >= 4 is 17.7 Å². The number of hydrogen-bond acceptors (Lipinski definition) is 0. The van der Waals surface area contributed by atoms with Crippen LogP contribution in [0.2, 0.25) is 0 Å². The molecule has 0 saturated carbocycles. The Labute approximate surface area is 65.5 Å². The Kier molecular flexibility index (Phi) is 2.39. The maximum atomic E-state index is 2.18. The summed E-state index contributed by atoms with van der Waals surface area (Å²) in [6.45, 7) is 2.15. The van der Waals surface area contributed by atoms with Crippen molar-refractivity contribution in [3.8, 4) is 0 Å². The molecule has 0 radical (unpaired) electrons. The minimum absolute atomic E-state index is 1.15. The monoisotopic (exact) mass is 112 g/mol. The minimum atomic E-state index is 1.15. The van der Waals surface area contributed by atoms with Crippen LogP contribution in [0.25, 0.3) is 0 Å². The van der Waals surface area contributed by atoms with Crippen molar-refractivity contribution in [3.05, 3.63) is 35.4 Å². The molecule has 1 aromatic carbocycles. The molecular weight excluding hydrogens is 103 g/mol. The molecule has 0 aromatic heterocycles. The zero-order chi connectivity index (χ0) is 6.69. The van der Waals surface area contributed by atoms with E-state index in [4.69, 9.17) is 0 Å². The van der Waals surface area contributed by atoms with E-state index < -0.39 is 0 Å². The van der Waals surface area contributed by atoms with Crippen LogP contribution in [-0.4, -0.2) is 17.7 Å². The number of aryl methyl sites for hydroxylation is 1. The second-order valence-electron chi connectivity index (χ2n) is 2.28. The van der Waals surface area contributed by atoms with Crippen LogP contribution in [0.1, 0.15) is 11.1 Å². The van der Waals surface area contributed by atoms with Gasteiger partial charge in [-0.1, -0.05) is 0 Å². The molecule has 0 saturated heterocycles. The molecule has 0 amide bonds. The number of benzene rings is 1. The predicted octanol–water partition coefficient (Wildman–Crippen LogP) is 1.66. The zero-order valence-electron chi connectivity index (χ0n) is 6.02. The zero-order valence-corrected chi connectivity index (χ0v) is 6.02. The molecule has 0 N–H and O–H groups in total. The van der Waals surface area contributed by atoms with E-state index in [1.807, 2.05) is 0 Å². The summed E-state index contributed by atoms with van der Waals surface area (Å²) >= 11 is 2.18. The summed E-state index contributed by atoms with van der Waals surface area (Å²) in [6.07, 6.45) is 0. The van der Waals surface area contributed by atoms with Crippen molar-refractivity contribution in [2.24, 2.45) is 0 Å². The van der Waals surface area contributed by atoms with E-state index in [1.54, 1.807) is 0 Å². The summed E-state index contributed by atoms with van der Waals surface area (Å²) in [5.41, 5.74) is 2.86. The van der Waals surface area contributed by atoms with E-state index in [0.29, 0.717) is 0 Å². The first-order valence-electron chi connectivity index (χ1n) is 3.39. The van der Waals surface area contributed by atoms with E-state index in [2.05, 4.69) is 48.9 Å². The Morgan fingerprint density at radius 3 is 2.44 bits per heavy atom. The van der Waals surface area contributed by atoms with Gasteiger partial charge in [0.2, 0.25) is 0 Å². The van der Waals surface area contributed by atoms with Crippen LogP contribution < -0.4 is 0 Å². The summed E-state index contributed by atoms with van der Waals surface area (Å²) < 4.78 is 0. The average molecular weight is 112 g/mol. The fourth-order valence-electron chi connectivity index (χ4n) is 1.01. The summed E-state index contributed by atoms with van der Waals surface area (Å²) in [4.78, 5) is 0. The molecule has 0 heterocycles. The second-order valence-corrected chi connectivity index (χ2v) is 2.28. The van der Waals surface area contributed by atoms with Gasteiger partial charge in [-0.3, -0.25) is 0 Å². The first-order valence-corrected chi connectivity index (χ1v) is 3.39. The topological polar surface area (TPSA) is 0 Å². The van der Waals surface area contributed by atoms with Gasteiger partial charge in [0.15, 0.2) is 0 Å². The molecule has 1 rings (SSSR count). The summed E-state index contributed by atoms with van der Waals surface area (Å²) in [6, 6.07) is 8.49. The van der Waals surface area contributed by atoms with Gasteiger partial charge in [0.25, 0.3) is 0 Å². The Morgan fingerprint density at radius 2 is 2.00 bits per heavy atom. The van der Waals surface area contributed by atoms with Crippen LogP contribution in [0.4, 0.5) is 0 Å². The predicted molar refractivity (Wildman–Crippen MR) is 40.6 cm³/mol. The van der Waals surface area contributed by atoms with Crippen molar-refractivity contribution in [2.45, 2.75) is 12.0 Å². The van der Waals surface area contributed by atoms with Gasteiger partial charge in [-0.05, 0) is 0 Å². The van der Waals surface area contributed by atoms with Gasteiger partial charge in [0, 0.05) is 0 Å². The molecule has 0 atom stereocenters. The Morgan fingerprint density at radius 1 is 1.33 bits per heavy atom. The molecule has 0 spiro atoms. The van der Waals surface area contributed by atoms with Crippen molar-refractivity contribution in [2.75, 3.05) is 0 Å². The molecule has 0 aliphatic carbocycles. The standard InChI is InChI=1S/C8H9.Li/c1-7-5-3-4-6-8(7)2;/h3-6H,1H2,2H3;. The normalized spacial score (nSPS) is 9.67. The average Bonchev–Trinajstić information content (AvgIpc) is 1.89. The molecule has 42 valence electrons. The first kappa shape index (κ1) is 6.93. The third kappa shape index (κ3) is 1.61. The van der Waals surface area contributed by atoms with Crippen molar-refractivity contribution < 1.29 is 0 Å². The molecule has 0 unspecified atom stereocenters. The Hall–Kier alpha value is -0.183. The van der Waals surface area contributed by atoms with Crippen LogP contribution >= 0.6 is 0 Å². The van der Waals surface area contributed by atoms with E-state index in [0.717, 1.165) is 5.09 Å². The van der Waals surface area contributed by atoms with E-state index >= 15 is 0 Å². The number of rotatable bonds is 1. The van der Waals surface area contributed by atoms with Crippen LogP contribution in [0.5, 0.6) is 0 Å². The SMILES string of the molecule is [Li][CH2]c1ccccc1C. The molecular formula is C8H9Li. The van der Waals surface area contributed by atoms with Gasteiger partial charge in [0.05, 0.1) is 0 Å². The van der Waals surface area contributed by atoms with E-state index in [-0.39, 0.29) is 0 Å². The van der Waals surface area contributed by atoms with Gasteiger partial charge < -0.3 is 0 Å². The fraction of sp³-hybridized carbons (Fsp3) is 0.250. The Balaban J connectivity index is 3.01. The summed E-state index contributed by atoms with van der Waals surface area (Å²) in [5, 5.41) is 1.15. The van der Waals surface area contributed by atoms with Crippen LogP contribution in [0.15, 0.2) is 24.3 Å². The molecule has 0 fully saturated rings. The molecule has 1 aromatic rings. The van der Waals surface area contributed by atoms with Crippen molar-refractivity contribution in [1.29, 1.82) is 0 Å². The molecule has 1 heteroatoms. The van der Waals surface area contributed by atoms with Gasteiger partial charge in [0.1, 0.15) is 0 Å². The van der Waals surface area contributed by atoms with Crippen LogP contribution in [0.3, 0.4) is 0 Å². The number of hydrogen-bond donors (Lipinski definition) is 0. The quantitative estimate of drug-likeness (QED) is 0.485. The third-order valence-electron chi connectivity index (χ3n) is 1.64. The van der Waals surface area contributed by atoms with E-state index in [1.165, 1.54) is 11.1 Å². The first-order chi connectivity index (χ1) is 4.34. The molecule has 9 heavy (non-hydrogen) atoms. The Bertz CT molecular complexity index is 194. The van der Waals surface area contributed by atoms with Crippen LogP contribution in [-0.2, 0) is 5.09 Å². The van der Waals surface area contributed by atoms with E-state index in [9.17, 15) is 0 Å². The fourth-order valence-corrected chi connectivity index (χ4v) is 1.01. The van der Waals surface area contributed by atoms with Crippen molar-refractivity contribution in [3.63, 3.8) is 0 Å². The van der Waals surface area contributed by atoms with Crippen molar-refractivity contribution in [1.82, 2.24) is 0 Å². The molecule has 0 aliphatic rings. The third-order valence-corrected chi connectivity index (χ3v) is 1.64. The summed E-state index contributed by atoms with van der Waals surface area (Å²) in [5.74, 6) is 0. The summed E-state index contributed by atoms with van der Waals surface area (Å²) in [7, 11) is 0. The molecule has 0 nitrogen and oxygen atoms in total. The molecule has 0 aliphatic heterocycles.